The molecular formula is C30H35N5O4. The summed E-state index contributed by atoms with van der Waals surface area (Å²) in [5.74, 6) is 0.305. The number of aromatic nitrogens is 3. The Morgan fingerprint density at radius 3 is 2.44 bits per heavy atom. The maximum atomic E-state index is 14.3. The Labute approximate surface area is 228 Å². The Balaban J connectivity index is 1.94. The van der Waals surface area contributed by atoms with Gasteiger partial charge in [0.2, 0.25) is 11.8 Å². The highest BCUT2D eigenvalue weighted by atomic mass is 16.5. The average molecular weight is 530 g/mol. The molecule has 0 aliphatic carbocycles. The molecule has 0 spiro atoms. The predicted molar refractivity (Wildman–Crippen MR) is 151 cm³/mol. The van der Waals surface area contributed by atoms with Crippen LogP contribution in [-0.2, 0) is 16.1 Å². The van der Waals surface area contributed by atoms with Crippen LogP contribution in [0.2, 0.25) is 0 Å². The fourth-order valence-electron chi connectivity index (χ4n) is 4.54. The average Bonchev–Trinajstić information content (AvgIpc) is 3.30. The van der Waals surface area contributed by atoms with Gasteiger partial charge in [-0.2, -0.15) is 0 Å². The third kappa shape index (κ3) is 5.87. The summed E-state index contributed by atoms with van der Waals surface area (Å²) in [6, 6.07) is 17.3. The molecule has 1 N–H and O–H groups in total. The first-order valence-corrected chi connectivity index (χ1v) is 12.7. The van der Waals surface area contributed by atoms with Crippen LogP contribution < -0.4 is 19.7 Å². The van der Waals surface area contributed by atoms with Crippen LogP contribution in [0.3, 0.4) is 0 Å². The Hall–Kier alpha value is -4.40. The third-order valence-corrected chi connectivity index (χ3v) is 6.55. The maximum absolute atomic E-state index is 14.3. The number of hydrogen-bond acceptors (Lipinski definition) is 6. The number of carbonyl (C=O) groups is 2. The van der Waals surface area contributed by atoms with Crippen LogP contribution >= 0.6 is 0 Å². The van der Waals surface area contributed by atoms with E-state index in [2.05, 4.69) is 15.6 Å². The van der Waals surface area contributed by atoms with E-state index in [1.54, 1.807) is 30.0 Å². The molecule has 0 fully saturated rings. The first-order chi connectivity index (χ1) is 18.5. The van der Waals surface area contributed by atoms with E-state index in [0.717, 1.165) is 16.6 Å². The Morgan fingerprint density at radius 2 is 1.74 bits per heavy atom. The van der Waals surface area contributed by atoms with Crippen molar-refractivity contribution in [2.45, 2.75) is 52.7 Å². The minimum Gasteiger partial charge on any atom is -0.497 e. The van der Waals surface area contributed by atoms with Gasteiger partial charge >= 0.3 is 0 Å². The summed E-state index contributed by atoms with van der Waals surface area (Å²) in [7, 11) is 3.09. The number of benzene rings is 3. The second kappa shape index (κ2) is 11.1. The summed E-state index contributed by atoms with van der Waals surface area (Å²) >= 11 is 0. The zero-order chi connectivity index (χ0) is 28.3. The topological polar surface area (TPSA) is 98.6 Å². The number of ether oxygens (including phenoxy) is 2. The maximum Gasteiger partial charge on any atom is 0.249 e. The van der Waals surface area contributed by atoms with E-state index in [1.807, 2.05) is 77.1 Å². The van der Waals surface area contributed by atoms with Gasteiger partial charge in [0.15, 0.2) is 0 Å². The van der Waals surface area contributed by atoms with Crippen molar-refractivity contribution in [1.29, 1.82) is 0 Å². The van der Waals surface area contributed by atoms with Gasteiger partial charge < -0.3 is 14.8 Å². The second-order valence-electron chi connectivity index (χ2n) is 10.5. The number of fused-ring (bicyclic) bond motifs is 1. The van der Waals surface area contributed by atoms with Gasteiger partial charge in [0, 0.05) is 16.8 Å². The van der Waals surface area contributed by atoms with Crippen LogP contribution in [0, 0.1) is 13.8 Å². The van der Waals surface area contributed by atoms with E-state index < -0.39 is 11.6 Å². The van der Waals surface area contributed by atoms with E-state index in [4.69, 9.17) is 9.47 Å². The van der Waals surface area contributed by atoms with Crippen LogP contribution in [0.25, 0.3) is 11.0 Å². The molecule has 9 nitrogen and oxygen atoms in total. The number of amides is 2. The quantitative estimate of drug-likeness (QED) is 0.354. The summed E-state index contributed by atoms with van der Waals surface area (Å²) < 4.78 is 12.7. The number of rotatable bonds is 8. The van der Waals surface area contributed by atoms with Gasteiger partial charge in [-0.25, -0.2) is 4.68 Å². The molecule has 0 radical (unpaired) electrons. The molecule has 0 saturated carbocycles. The molecule has 39 heavy (non-hydrogen) atoms. The largest absolute Gasteiger partial charge is 0.497 e. The lowest BCUT2D eigenvalue weighted by Gasteiger charge is -2.35. The zero-order valence-electron chi connectivity index (χ0n) is 23.5. The smallest absolute Gasteiger partial charge is 0.249 e. The highest BCUT2D eigenvalue weighted by Gasteiger charge is 2.37. The first kappa shape index (κ1) is 27.6. The highest BCUT2D eigenvalue weighted by Crippen LogP contribution is 2.38. The van der Waals surface area contributed by atoms with Gasteiger partial charge in [-0.3, -0.25) is 14.5 Å². The lowest BCUT2D eigenvalue weighted by molar-refractivity contribution is -0.128. The van der Waals surface area contributed by atoms with Gasteiger partial charge in [-0.15, -0.1) is 5.10 Å². The minimum absolute atomic E-state index is 0.126. The molecule has 0 unspecified atom stereocenters. The number of nitrogens with zero attached hydrogens (tertiary/aromatic N) is 4. The summed E-state index contributed by atoms with van der Waals surface area (Å²) in [6.07, 6.45) is 0. The molecule has 3 aromatic carbocycles. The van der Waals surface area contributed by atoms with Crippen LogP contribution in [0.4, 0.5) is 5.69 Å². The van der Waals surface area contributed by atoms with E-state index in [0.29, 0.717) is 28.3 Å². The molecule has 2 amide bonds. The summed E-state index contributed by atoms with van der Waals surface area (Å²) in [5.41, 5.74) is 3.83. The van der Waals surface area contributed by atoms with Crippen molar-refractivity contribution in [1.82, 2.24) is 20.3 Å². The van der Waals surface area contributed by atoms with Gasteiger partial charge in [-0.05, 0) is 82.1 Å². The van der Waals surface area contributed by atoms with Crippen molar-refractivity contribution in [2.75, 3.05) is 19.1 Å². The fraction of sp³-hybridized carbons (Fsp3) is 0.333. The van der Waals surface area contributed by atoms with E-state index in [9.17, 15) is 9.59 Å². The summed E-state index contributed by atoms with van der Waals surface area (Å²) in [4.78, 5) is 30.0. The predicted octanol–water partition coefficient (Wildman–Crippen LogP) is 4.75. The Bertz CT molecular complexity index is 1510. The molecule has 0 bridgehead atoms. The molecule has 1 heterocycles. The Kier molecular flexibility index (Phi) is 7.90. The molecule has 0 aliphatic rings. The van der Waals surface area contributed by atoms with Gasteiger partial charge in [0.25, 0.3) is 0 Å². The zero-order valence-corrected chi connectivity index (χ0v) is 23.5. The number of aryl methyl sites for hydroxylation is 1. The normalized spacial score (nSPS) is 12.2. The molecule has 1 atom stereocenters. The number of hydrogen-bond donors (Lipinski definition) is 1. The molecule has 0 saturated heterocycles. The number of para-hydroxylation sites is 1. The lowest BCUT2D eigenvalue weighted by atomic mass is 9.97. The minimum atomic E-state index is -1.07. The monoisotopic (exact) mass is 529 g/mol. The molecule has 204 valence electrons. The number of carbonyl (C=O) groups excluding carboxylic acids is 2. The molecule has 1 aromatic heterocycles. The SMILES string of the molecule is COc1ccc(OC)c([C@H](C(=O)NC(C)(C)C)N(C(=O)Cn2nnc3ccccc32)c2cccc(C)c2C)c1. The highest BCUT2D eigenvalue weighted by molar-refractivity contribution is 6.02. The van der Waals surface area contributed by atoms with E-state index >= 15 is 0 Å². The van der Waals surface area contributed by atoms with Crippen molar-refractivity contribution in [2.24, 2.45) is 0 Å². The van der Waals surface area contributed by atoms with Crippen molar-refractivity contribution in [3.63, 3.8) is 0 Å². The molecule has 9 heteroatoms. The second-order valence-corrected chi connectivity index (χ2v) is 10.5. The van der Waals surface area contributed by atoms with E-state index in [1.165, 1.54) is 12.0 Å². The third-order valence-electron chi connectivity index (χ3n) is 6.55. The molecule has 4 rings (SSSR count). The van der Waals surface area contributed by atoms with Gasteiger partial charge in [0.1, 0.15) is 29.6 Å². The van der Waals surface area contributed by atoms with Crippen LogP contribution in [-0.4, -0.2) is 46.6 Å². The first-order valence-electron chi connectivity index (χ1n) is 12.7. The van der Waals surface area contributed by atoms with Gasteiger partial charge in [-0.1, -0.05) is 29.5 Å². The van der Waals surface area contributed by atoms with Crippen LogP contribution in [0.1, 0.15) is 43.5 Å². The molecular weight excluding hydrogens is 494 g/mol. The number of nitrogens with one attached hydrogen (secondary N) is 1. The van der Waals surface area contributed by atoms with Crippen LogP contribution in [0.5, 0.6) is 11.5 Å². The van der Waals surface area contributed by atoms with Crippen molar-refractivity contribution in [3.05, 3.63) is 77.4 Å². The van der Waals surface area contributed by atoms with Crippen LogP contribution in [0.15, 0.2) is 60.7 Å². The summed E-state index contributed by atoms with van der Waals surface area (Å²) in [6.45, 7) is 9.49. The molecule has 0 aliphatic heterocycles. The number of methoxy groups -OCH3 is 2. The molecule has 4 aromatic rings. The van der Waals surface area contributed by atoms with Gasteiger partial charge in [0.05, 0.1) is 19.7 Å². The van der Waals surface area contributed by atoms with Crippen molar-refractivity contribution in [3.8, 4) is 11.5 Å². The number of anilines is 1. The lowest BCUT2D eigenvalue weighted by Crippen LogP contribution is -2.50. The van der Waals surface area contributed by atoms with E-state index in [-0.39, 0.29) is 18.4 Å². The van der Waals surface area contributed by atoms with Crippen molar-refractivity contribution >= 4 is 28.5 Å². The fourth-order valence-corrected chi connectivity index (χ4v) is 4.54. The Morgan fingerprint density at radius 1 is 1.00 bits per heavy atom. The standard InChI is InChI=1S/C30H35N5O4/c1-19-11-10-14-24(20(19)2)35(27(36)18-34-25-13-9-8-12-23(25)32-33-34)28(29(37)31-30(3,4)5)22-17-21(38-6)15-16-26(22)39-7/h8-17,28H,18H2,1-7H3,(H,31,37)/t28-/m1/s1. The van der Waals surface area contributed by atoms with Crippen molar-refractivity contribution < 1.29 is 19.1 Å². The summed E-state index contributed by atoms with van der Waals surface area (Å²) in [5, 5.41) is 11.5.